The summed E-state index contributed by atoms with van der Waals surface area (Å²) >= 11 is 0. The highest BCUT2D eigenvalue weighted by Crippen LogP contribution is 2.89. The van der Waals surface area contributed by atoms with Gasteiger partial charge >= 0.3 is 11.9 Å². The summed E-state index contributed by atoms with van der Waals surface area (Å²) in [5.74, 6) is 3.36. The zero-order valence-electron chi connectivity index (χ0n) is 30.0. The van der Waals surface area contributed by atoms with E-state index < -0.39 is 0 Å². The summed E-state index contributed by atoms with van der Waals surface area (Å²) in [5, 5.41) is 0. The fourth-order valence-electron chi connectivity index (χ4n) is 12.5. The molecule has 46 heavy (non-hydrogen) atoms. The Morgan fingerprint density at radius 3 is 2.28 bits per heavy atom. The Balaban J connectivity index is 1.21. The second kappa shape index (κ2) is 11.7. The Labute approximate surface area is 279 Å². The number of hydrogen-bond acceptors (Lipinski definition) is 4. The molecule has 5 aliphatic carbocycles. The van der Waals surface area contributed by atoms with Crippen molar-refractivity contribution in [1.82, 2.24) is 0 Å². The number of benzene rings is 1. The SMILES string of the molecule is C=C(CC[C@@H](C)[C@H]1CC[C@@]2(C)[C@@H]3CC[C@H]4C(C)(C)CCC(OC(=O)/C=C/c5ccc(OC(C)=O)cc5)[C@@]45C[C@@]35CC[C@]12C)C(C)C. The number of fused-ring (bicyclic) bond motifs is 2. The molecule has 0 saturated heterocycles. The maximum atomic E-state index is 13.4. The maximum absolute atomic E-state index is 13.4. The molecule has 1 aromatic rings. The van der Waals surface area contributed by atoms with Gasteiger partial charge < -0.3 is 9.47 Å². The molecule has 0 aromatic heterocycles. The van der Waals surface area contributed by atoms with Crippen molar-refractivity contribution in [2.24, 2.45) is 56.7 Å². The summed E-state index contributed by atoms with van der Waals surface area (Å²) in [5.41, 5.74) is 3.73. The van der Waals surface area contributed by atoms with E-state index in [4.69, 9.17) is 9.47 Å². The van der Waals surface area contributed by atoms with Crippen LogP contribution in [0.3, 0.4) is 0 Å². The predicted molar refractivity (Wildman–Crippen MR) is 186 cm³/mol. The first kappa shape index (κ1) is 33.5. The molecule has 0 radical (unpaired) electrons. The van der Waals surface area contributed by atoms with Crippen LogP contribution in [0.5, 0.6) is 5.75 Å². The van der Waals surface area contributed by atoms with E-state index in [2.05, 4.69) is 55.0 Å². The van der Waals surface area contributed by atoms with Crippen molar-refractivity contribution < 1.29 is 19.1 Å². The monoisotopic (exact) mass is 628 g/mol. The van der Waals surface area contributed by atoms with Crippen molar-refractivity contribution >= 4 is 18.0 Å². The van der Waals surface area contributed by atoms with E-state index in [1.165, 1.54) is 63.9 Å². The minimum absolute atomic E-state index is 0.00273. The second-order valence-corrected chi connectivity index (χ2v) is 17.8. The van der Waals surface area contributed by atoms with Crippen LogP contribution < -0.4 is 4.74 Å². The van der Waals surface area contributed by atoms with E-state index in [9.17, 15) is 9.59 Å². The average molecular weight is 629 g/mol. The number of carbonyl (C=O) groups excluding carboxylic acids is 2. The van der Waals surface area contributed by atoms with E-state index in [0.29, 0.717) is 33.8 Å². The van der Waals surface area contributed by atoms with Gasteiger partial charge in [0.1, 0.15) is 11.9 Å². The predicted octanol–water partition coefficient (Wildman–Crippen LogP) is 10.6. The van der Waals surface area contributed by atoms with Crippen LogP contribution in [0, 0.1) is 56.7 Å². The quantitative estimate of drug-likeness (QED) is 0.118. The van der Waals surface area contributed by atoms with Crippen molar-refractivity contribution in [2.75, 3.05) is 0 Å². The Kier molecular flexibility index (Phi) is 8.50. The van der Waals surface area contributed by atoms with Gasteiger partial charge in [0.25, 0.3) is 0 Å². The van der Waals surface area contributed by atoms with Gasteiger partial charge in [-0.25, -0.2) is 4.79 Å². The van der Waals surface area contributed by atoms with Crippen LogP contribution in [0.25, 0.3) is 6.08 Å². The van der Waals surface area contributed by atoms with Crippen molar-refractivity contribution in [3.8, 4) is 5.75 Å². The molecule has 0 bridgehead atoms. The molecule has 0 N–H and O–H groups in total. The Bertz CT molecular complexity index is 1390. The Morgan fingerprint density at radius 2 is 1.61 bits per heavy atom. The standard InChI is InChI=1S/C42H60O4/c1-27(2)28(3)10-11-29(4)33-20-23-40(9)35-18-17-34-38(6,7)22-21-36(42(34)26-41(35,42)25-24-39(33,40)8)46-37(44)19-14-31-12-15-32(16-13-31)45-30(5)43/h12-16,19,27,29,33-36H,3,10-11,17-18,20-26H2,1-2,4-9H3/b19-14+/t29-,33-,34+,35+,36?,39-,40+,41+,42-/m1/s1. The minimum Gasteiger partial charge on any atom is -0.459 e. The number of ether oxygens (including phenoxy) is 2. The van der Waals surface area contributed by atoms with Gasteiger partial charge in [-0.05, 0) is 146 Å². The fraction of sp³-hybridized carbons (Fsp3) is 0.714. The third kappa shape index (κ3) is 5.14. The summed E-state index contributed by atoms with van der Waals surface area (Å²) in [7, 11) is 0. The molecular formula is C42H60O4. The van der Waals surface area contributed by atoms with Crippen LogP contribution in [-0.4, -0.2) is 18.0 Å². The smallest absolute Gasteiger partial charge is 0.331 e. The number of carbonyl (C=O) groups is 2. The van der Waals surface area contributed by atoms with Gasteiger partial charge in [-0.15, -0.1) is 0 Å². The first-order valence-electron chi connectivity index (χ1n) is 18.4. The molecule has 4 nitrogen and oxygen atoms in total. The van der Waals surface area contributed by atoms with Crippen LogP contribution in [0.15, 0.2) is 42.5 Å². The third-order valence-electron chi connectivity index (χ3n) is 15.2. The first-order chi connectivity index (χ1) is 21.6. The molecule has 1 unspecified atom stereocenters. The number of rotatable bonds is 9. The van der Waals surface area contributed by atoms with Gasteiger partial charge in [-0.3, -0.25) is 4.79 Å². The highest BCUT2D eigenvalue weighted by molar-refractivity contribution is 5.87. The lowest BCUT2D eigenvalue weighted by atomic mass is 9.41. The molecule has 2 spiro atoms. The molecule has 5 fully saturated rings. The zero-order chi connectivity index (χ0) is 33.3. The van der Waals surface area contributed by atoms with Crippen molar-refractivity contribution in [3.63, 3.8) is 0 Å². The lowest BCUT2D eigenvalue weighted by molar-refractivity contribution is -0.185. The lowest BCUT2D eigenvalue weighted by Crippen LogP contribution is -2.59. The third-order valence-corrected chi connectivity index (χ3v) is 15.2. The van der Waals surface area contributed by atoms with Gasteiger partial charge in [-0.1, -0.05) is 72.8 Å². The molecule has 1 aromatic carbocycles. The van der Waals surface area contributed by atoms with Gasteiger partial charge in [-0.2, -0.15) is 0 Å². The number of esters is 2. The Hall–Kier alpha value is -2.36. The zero-order valence-corrected chi connectivity index (χ0v) is 30.0. The largest absolute Gasteiger partial charge is 0.459 e. The fourth-order valence-corrected chi connectivity index (χ4v) is 12.5. The number of hydrogen-bond donors (Lipinski definition) is 0. The normalized spacial score (nSPS) is 39.5. The van der Waals surface area contributed by atoms with Gasteiger partial charge in [0.05, 0.1) is 0 Å². The van der Waals surface area contributed by atoms with E-state index >= 15 is 0 Å². The molecule has 4 heteroatoms. The summed E-state index contributed by atoms with van der Waals surface area (Å²) < 4.78 is 11.7. The van der Waals surface area contributed by atoms with Crippen LogP contribution >= 0.6 is 0 Å². The highest BCUT2D eigenvalue weighted by atomic mass is 16.5. The van der Waals surface area contributed by atoms with Crippen LogP contribution in [-0.2, 0) is 14.3 Å². The van der Waals surface area contributed by atoms with Crippen LogP contribution in [0.2, 0.25) is 0 Å². The number of allylic oxidation sites excluding steroid dienone is 1. The molecule has 6 rings (SSSR count). The average Bonchev–Trinajstić information content (AvgIpc) is 3.60. The summed E-state index contributed by atoms with van der Waals surface area (Å²) in [4.78, 5) is 24.7. The molecule has 5 saturated carbocycles. The van der Waals surface area contributed by atoms with Gasteiger partial charge in [0, 0.05) is 18.4 Å². The molecule has 0 aliphatic heterocycles. The van der Waals surface area contributed by atoms with Gasteiger partial charge in [0.15, 0.2) is 0 Å². The Morgan fingerprint density at radius 1 is 0.913 bits per heavy atom. The summed E-state index contributed by atoms with van der Waals surface area (Å²) in [6, 6.07) is 7.22. The molecule has 0 amide bonds. The van der Waals surface area contributed by atoms with E-state index in [1.54, 1.807) is 18.2 Å². The molecule has 5 aliphatic rings. The minimum atomic E-state index is -0.342. The van der Waals surface area contributed by atoms with E-state index in [1.807, 2.05) is 18.2 Å². The second-order valence-electron chi connectivity index (χ2n) is 17.8. The molecule has 9 atom stereocenters. The van der Waals surface area contributed by atoms with Gasteiger partial charge in [0.2, 0.25) is 0 Å². The first-order valence-corrected chi connectivity index (χ1v) is 18.4. The van der Waals surface area contributed by atoms with E-state index in [-0.39, 0.29) is 28.9 Å². The van der Waals surface area contributed by atoms with Crippen molar-refractivity contribution in [1.29, 1.82) is 0 Å². The van der Waals surface area contributed by atoms with Crippen LogP contribution in [0.1, 0.15) is 132 Å². The molecule has 0 heterocycles. The van der Waals surface area contributed by atoms with E-state index in [0.717, 1.165) is 42.6 Å². The lowest BCUT2D eigenvalue weighted by Gasteiger charge is -2.63. The van der Waals surface area contributed by atoms with Crippen molar-refractivity contribution in [2.45, 2.75) is 132 Å². The topological polar surface area (TPSA) is 52.6 Å². The van der Waals surface area contributed by atoms with Crippen molar-refractivity contribution in [3.05, 3.63) is 48.1 Å². The molecular weight excluding hydrogens is 568 g/mol. The summed E-state index contributed by atoms with van der Waals surface area (Å²) in [6.45, 7) is 23.2. The molecule has 252 valence electrons. The highest BCUT2D eigenvalue weighted by Gasteiger charge is 2.84. The van der Waals surface area contributed by atoms with Crippen LogP contribution in [0.4, 0.5) is 0 Å². The maximum Gasteiger partial charge on any atom is 0.331 e. The summed E-state index contributed by atoms with van der Waals surface area (Å²) in [6.07, 6.45) is 17.1.